The first-order valence-corrected chi connectivity index (χ1v) is 9.82. The zero-order valence-corrected chi connectivity index (χ0v) is 17.9. The van der Waals surface area contributed by atoms with Crippen LogP contribution in [-0.2, 0) is 0 Å². The van der Waals surface area contributed by atoms with E-state index in [1.54, 1.807) is 32.0 Å². The van der Waals surface area contributed by atoms with Crippen LogP contribution >= 0.6 is 0 Å². The zero-order chi connectivity index (χ0) is 22.5. The zero-order valence-electron chi connectivity index (χ0n) is 17.9. The molecular formula is C23H22N6O3. The Labute approximate surface area is 184 Å². The number of hydrazone groups is 1. The van der Waals surface area contributed by atoms with Crippen LogP contribution in [0.4, 0.5) is 5.95 Å². The molecule has 0 saturated heterocycles. The second kappa shape index (κ2) is 9.17. The van der Waals surface area contributed by atoms with Crippen LogP contribution in [0.1, 0.15) is 11.3 Å². The van der Waals surface area contributed by atoms with Gasteiger partial charge in [0.25, 0.3) is 5.56 Å². The van der Waals surface area contributed by atoms with Crippen molar-refractivity contribution in [1.29, 1.82) is 0 Å². The molecule has 0 bridgehead atoms. The lowest BCUT2D eigenvalue weighted by Crippen LogP contribution is -2.10. The fourth-order valence-electron chi connectivity index (χ4n) is 3.20. The number of anilines is 1. The minimum atomic E-state index is -0.252. The largest absolute Gasteiger partial charge is 0.493 e. The Morgan fingerprint density at radius 1 is 1.06 bits per heavy atom. The van der Waals surface area contributed by atoms with Crippen molar-refractivity contribution in [2.45, 2.75) is 6.92 Å². The highest BCUT2D eigenvalue weighted by Crippen LogP contribution is 2.33. The number of nitrogens with one attached hydrogen (secondary N) is 2. The van der Waals surface area contributed by atoms with Crippen LogP contribution in [-0.4, -0.2) is 40.2 Å². The number of para-hydroxylation sites is 1. The summed E-state index contributed by atoms with van der Waals surface area (Å²) >= 11 is 0. The lowest BCUT2D eigenvalue weighted by molar-refractivity contribution is 0.355. The van der Waals surface area contributed by atoms with Crippen molar-refractivity contribution in [2.75, 3.05) is 19.6 Å². The maximum absolute atomic E-state index is 11.6. The van der Waals surface area contributed by atoms with E-state index in [4.69, 9.17) is 14.6 Å². The molecule has 0 aliphatic rings. The van der Waals surface area contributed by atoms with E-state index in [2.05, 4.69) is 20.5 Å². The molecule has 2 aromatic carbocycles. The molecule has 0 unspecified atom stereocenters. The molecule has 0 fully saturated rings. The van der Waals surface area contributed by atoms with Crippen LogP contribution in [0, 0.1) is 6.92 Å². The lowest BCUT2D eigenvalue weighted by atomic mass is 10.1. The molecule has 2 heterocycles. The number of hydrogen-bond acceptors (Lipinski definition) is 7. The van der Waals surface area contributed by atoms with Crippen LogP contribution < -0.4 is 20.5 Å². The fourth-order valence-corrected chi connectivity index (χ4v) is 3.20. The first-order chi connectivity index (χ1) is 15.6. The van der Waals surface area contributed by atoms with Crippen molar-refractivity contribution >= 4 is 12.2 Å². The predicted octanol–water partition coefficient (Wildman–Crippen LogP) is 3.39. The number of methoxy groups -OCH3 is 2. The summed E-state index contributed by atoms with van der Waals surface area (Å²) in [6, 6.07) is 16.8. The third kappa shape index (κ3) is 4.51. The number of benzene rings is 2. The number of nitrogens with zero attached hydrogens (tertiary/aromatic N) is 4. The van der Waals surface area contributed by atoms with Gasteiger partial charge in [0.15, 0.2) is 11.5 Å². The molecule has 162 valence electrons. The van der Waals surface area contributed by atoms with Gasteiger partial charge in [0, 0.05) is 29.1 Å². The van der Waals surface area contributed by atoms with E-state index in [-0.39, 0.29) is 11.5 Å². The Balaban J connectivity index is 1.73. The first kappa shape index (κ1) is 20.9. The standard InChI is InChI=1S/C23H22N6O3/c1-15-11-21(30)26-23(25-15)27-24-13-17-14-29(18-7-5-4-6-8-18)28-22(17)16-9-10-19(31-2)20(12-16)32-3/h4-14H,1-3H3,(H2,25,26,27,30). The van der Waals surface area contributed by atoms with Gasteiger partial charge in [-0.1, -0.05) is 18.2 Å². The molecule has 2 N–H and O–H groups in total. The fraction of sp³-hybridized carbons (Fsp3) is 0.130. The third-order valence-electron chi connectivity index (χ3n) is 4.66. The molecule has 4 rings (SSSR count). The van der Waals surface area contributed by atoms with Gasteiger partial charge in [0.05, 0.1) is 26.1 Å². The Morgan fingerprint density at radius 3 is 2.56 bits per heavy atom. The summed E-state index contributed by atoms with van der Waals surface area (Å²) in [4.78, 5) is 18.4. The smallest absolute Gasteiger partial charge is 0.252 e. The molecule has 0 atom stereocenters. The van der Waals surface area contributed by atoms with E-state index in [9.17, 15) is 4.79 Å². The van der Waals surface area contributed by atoms with Crippen molar-refractivity contribution in [2.24, 2.45) is 5.10 Å². The molecule has 9 nitrogen and oxygen atoms in total. The van der Waals surface area contributed by atoms with Crippen molar-refractivity contribution in [1.82, 2.24) is 19.7 Å². The summed E-state index contributed by atoms with van der Waals surface area (Å²) in [5.41, 5.74) is 6.30. The second-order valence-corrected chi connectivity index (χ2v) is 6.89. The molecule has 0 aliphatic heterocycles. The third-order valence-corrected chi connectivity index (χ3v) is 4.66. The monoisotopic (exact) mass is 430 g/mol. The summed E-state index contributed by atoms with van der Waals surface area (Å²) < 4.78 is 12.6. The summed E-state index contributed by atoms with van der Waals surface area (Å²) in [7, 11) is 3.18. The summed E-state index contributed by atoms with van der Waals surface area (Å²) in [6.45, 7) is 1.74. The lowest BCUT2D eigenvalue weighted by Gasteiger charge is -2.09. The summed E-state index contributed by atoms with van der Waals surface area (Å²) in [6.07, 6.45) is 3.50. The van der Waals surface area contributed by atoms with E-state index in [0.717, 1.165) is 16.8 Å². The van der Waals surface area contributed by atoms with E-state index >= 15 is 0 Å². The van der Waals surface area contributed by atoms with Gasteiger partial charge in [-0.3, -0.25) is 9.78 Å². The SMILES string of the molecule is COc1ccc(-c2nn(-c3ccccc3)cc2C=NNc2nc(C)cc(=O)[nH]2)cc1OC. The summed E-state index contributed by atoms with van der Waals surface area (Å²) in [5, 5.41) is 9.01. The number of ether oxygens (including phenoxy) is 2. The number of H-pyrrole nitrogens is 1. The number of aryl methyl sites for hydroxylation is 1. The molecule has 32 heavy (non-hydrogen) atoms. The van der Waals surface area contributed by atoms with Gasteiger partial charge in [-0.2, -0.15) is 10.2 Å². The first-order valence-electron chi connectivity index (χ1n) is 9.82. The van der Waals surface area contributed by atoms with Gasteiger partial charge < -0.3 is 9.47 Å². The van der Waals surface area contributed by atoms with Crippen LogP contribution in [0.3, 0.4) is 0 Å². The van der Waals surface area contributed by atoms with Crippen LogP contribution in [0.25, 0.3) is 16.9 Å². The average Bonchev–Trinajstić information content (AvgIpc) is 3.22. The molecule has 0 radical (unpaired) electrons. The quantitative estimate of drug-likeness (QED) is 0.344. The maximum atomic E-state index is 11.6. The molecule has 2 aromatic heterocycles. The van der Waals surface area contributed by atoms with Gasteiger partial charge in [0.2, 0.25) is 5.95 Å². The van der Waals surface area contributed by atoms with Crippen molar-refractivity contribution < 1.29 is 9.47 Å². The minimum Gasteiger partial charge on any atom is -0.493 e. The normalized spacial score (nSPS) is 11.0. The Hall–Kier alpha value is -4.40. The Bertz CT molecular complexity index is 1310. The van der Waals surface area contributed by atoms with E-state index in [0.29, 0.717) is 22.9 Å². The molecule has 0 saturated carbocycles. The maximum Gasteiger partial charge on any atom is 0.252 e. The molecule has 0 aliphatic carbocycles. The second-order valence-electron chi connectivity index (χ2n) is 6.89. The van der Waals surface area contributed by atoms with Crippen molar-refractivity contribution in [3.05, 3.63) is 82.4 Å². The molecule has 0 spiro atoms. The highest BCUT2D eigenvalue weighted by molar-refractivity contribution is 5.89. The topological polar surface area (TPSA) is 106 Å². The minimum absolute atomic E-state index is 0.252. The molecule has 0 amide bonds. The van der Waals surface area contributed by atoms with Gasteiger partial charge >= 0.3 is 0 Å². The van der Waals surface area contributed by atoms with Crippen LogP contribution in [0.5, 0.6) is 11.5 Å². The van der Waals surface area contributed by atoms with Gasteiger partial charge in [-0.15, -0.1) is 0 Å². The number of aromatic amines is 1. The highest BCUT2D eigenvalue weighted by Gasteiger charge is 2.14. The van der Waals surface area contributed by atoms with Gasteiger partial charge in [-0.25, -0.2) is 15.1 Å². The van der Waals surface area contributed by atoms with Crippen molar-refractivity contribution in [3.8, 4) is 28.4 Å². The van der Waals surface area contributed by atoms with E-state index < -0.39 is 0 Å². The number of hydrogen-bond donors (Lipinski definition) is 2. The molecular weight excluding hydrogens is 408 g/mol. The van der Waals surface area contributed by atoms with E-state index in [1.807, 2.05) is 54.7 Å². The number of aromatic nitrogens is 4. The summed E-state index contributed by atoms with van der Waals surface area (Å²) in [5.74, 6) is 1.49. The van der Waals surface area contributed by atoms with E-state index in [1.165, 1.54) is 6.07 Å². The Morgan fingerprint density at radius 2 is 1.84 bits per heavy atom. The van der Waals surface area contributed by atoms with Crippen LogP contribution in [0.15, 0.2) is 70.7 Å². The average molecular weight is 430 g/mol. The number of rotatable bonds is 7. The predicted molar refractivity (Wildman–Crippen MR) is 123 cm³/mol. The molecule has 4 aromatic rings. The van der Waals surface area contributed by atoms with Gasteiger partial charge in [-0.05, 0) is 37.3 Å². The Kier molecular flexibility index (Phi) is 5.98. The molecule has 9 heteroatoms. The van der Waals surface area contributed by atoms with Crippen molar-refractivity contribution in [3.63, 3.8) is 0 Å². The van der Waals surface area contributed by atoms with Gasteiger partial charge in [0.1, 0.15) is 5.69 Å². The van der Waals surface area contributed by atoms with Crippen LogP contribution in [0.2, 0.25) is 0 Å². The highest BCUT2D eigenvalue weighted by atomic mass is 16.5.